The number of aryl methyl sites for hydroxylation is 1. The molecule has 0 spiro atoms. The number of nitrogens with one attached hydrogen (secondary N) is 1. The van der Waals surface area contributed by atoms with E-state index >= 15 is 0 Å². The Labute approximate surface area is 200 Å². The summed E-state index contributed by atoms with van der Waals surface area (Å²) in [6.45, 7) is 2.03. The van der Waals surface area contributed by atoms with Gasteiger partial charge in [-0.1, -0.05) is 83.9 Å². The van der Waals surface area contributed by atoms with Crippen molar-refractivity contribution in [1.82, 2.24) is 4.98 Å². The minimum Gasteiger partial charge on any atom is -0.505 e. The number of hydrogen-bond donors (Lipinski definition) is 2. The zero-order chi connectivity index (χ0) is 22.9. The van der Waals surface area contributed by atoms with E-state index in [0.29, 0.717) is 20.9 Å². The summed E-state index contributed by atoms with van der Waals surface area (Å²) in [7, 11) is 0. The monoisotopic (exact) mass is 470 g/mol. The van der Waals surface area contributed by atoms with Gasteiger partial charge >= 0.3 is 0 Å². The van der Waals surface area contributed by atoms with Crippen LogP contribution in [0.3, 0.4) is 0 Å². The van der Waals surface area contributed by atoms with Gasteiger partial charge in [0.2, 0.25) is 0 Å². The standard InChI is InChI=1S/C27H19ClN2O2S/c1-16-11-13-17(14-12-16)19-15-22(18-7-3-2-4-8-18)30-27-23(19)24(31)25(33-27)26(32)29-21-10-6-5-9-20(21)28/h2-15,31H,1H3,(H,29,32). The SMILES string of the molecule is Cc1ccc(-c2cc(-c3ccccc3)nc3sc(C(=O)Nc4ccccc4Cl)c(O)c23)cc1. The molecule has 0 atom stereocenters. The summed E-state index contributed by atoms with van der Waals surface area (Å²) in [5.41, 5.74) is 5.13. The van der Waals surface area contributed by atoms with Gasteiger partial charge in [-0.2, -0.15) is 0 Å². The van der Waals surface area contributed by atoms with Crippen LogP contribution in [0.4, 0.5) is 5.69 Å². The summed E-state index contributed by atoms with van der Waals surface area (Å²) in [5, 5.41) is 14.9. The molecule has 0 aliphatic rings. The van der Waals surface area contributed by atoms with E-state index in [4.69, 9.17) is 16.6 Å². The van der Waals surface area contributed by atoms with Crippen LogP contribution >= 0.6 is 22.9 Å². The van der Waals surface area contributed by atoms with Crippen LogP contribution in [0.2, 0.25) is 5.02 Å². The zero-order valence-corrected chi connectivity index (χ0v) is 19.2. The Morgan fingerprint density at radius 1 is 0.939 bits per heavy atom. The molecule has 3 aromatic carbocycles. The van der Waals surface area contributed by atoms with Crippen molar-refractivity contribution in [2.45, 2.75) is 6.92 Å². The largest absolute Gasteiger partial charge is 0.505 e. The third kappa shape index (κ3) is 4.09. The van der Waals surface area contributed by atoms with Crippen LogP contribution in [-0.4, -0.2) is 16.0 Å². The fourth-order valence-electron chi connectivity index (χ4n) is 3.70. The zero-order valence-electron chi connectivity index (χ0n) is 17.7. The van der Waals surface area contributed by atoms with Gasteiger partial charge in [-0.25, -0.2) is 4.98 Å². The molecule has 0 bridgehead atoms. The summed E-state index contributed by atoms with van der Waals surface area (Å²) in [4.78, 5) is 18.6. The van der Waals surface area contributed by atoms with Crippen LogP contribution in [0, 0.1) is 6.92 Å². The van der Waals surface area contributed by atoms with Gasteiger partial charge in [0.25, 0.3) is 5.91 Å². The molecule has 2 heterocycles. The van der Waals surface area contributed by atoms with Crippen molar-refractivity contribution in [2.75, 3.05) is 5.32 Å². The van der Waals surface area contributed by atoms with E-state index in [1.807, 2.05) is 67.6 Å². The predicted molar refractivity (Wildman–Crippen MR) is 136 cm³/mol. The average Bonchev–Trinajstić information content (AvgIpc) is 3.17. The Hall–Kier alpha value is -3.67. The second-order valence-electron chi connectivity index (χ2n) is 7.68. The van der Waals surface area contributed by atoms with Crippen molar-refractivity contribution in [1.29, 1.82) is 0 Å². The third-order valence-electron chi connectivity index (χ3n) is 5.40. The van der Waals surface area contributed by atoms with Crippen LogP contribution in [0.5, 0.6) is 5.75 Å². The van der Waals surface area contributed by atoms with Crippen LogP contribution in [0.15, 0.2) is 84.9 Å². The smallest absolute Gasteiger partial charge is 0.269 e. The molecule has 4 nitrogen and oxygen atoms in total. The second-order valence-corrected chi connectivity index (χ2v) is 9.09. The number of carbonyl (C=O) groups is 1. The molecule has 2 N–H and O–H groups in total. The van der Waals surface area contributed by atoms with Gasteiger partial charge < -0.3 is 10.4 Å². The predicted octanol–water partition coefficient (Wildman–Crippen LogP) is 7.55. The fraction of sp³-hybridized carbons (Fsp3) is 0.0370. The Kier molecular flexibility index (Phi) is 5.58. The van der Waals surface area contributed by atoms with E-state index in [1.54, 1.807) is 24.3 Å². The van der Waals surface area contributed by atoms with Gasteiger partial charge in [0.15, 0.2) is 0 Å². The second kappa shape index (κ2) is 8.70. The maximum Gasteiger partial charge on any atom is 0.269 e. The number of nitrogens with zero attached hydrogens (tertiary/aromatic N) is 1. The highest BCUT2D eigenvalue weighted by Crippen LogP contribution is 2.43. The molecule has 0 saturated carbocycles. The number of hydrogen-bond acceptors (Lipinski definition) is 4. The van der Waals surface area contributed by atoms with Crippen molar-refractivity contribution in [3.05, 3.63) is 100 Å². The Morgan fingerprint density at radius 2 is 1.64 bits per heavy atom. The molecule has 0 fully saturated rings. The molecule has 5 rings (SSSR count). The van der Waals surface area contributed by atoms with E-state index < -0.39 is 5.91 Å². The van der Waals surface area contributed by atoms with Crippen LogP contribution in [-0.2, 0) is 0 Å². The molecule has 0 aliphatic carbocycles. The van der Waals surface area contributed by atoms with E-state index in [9.17, 15) is 9.90 Å². The molecule has 5 aromatic rings. The normalized spacial score (nSPS) is 11.0. The number of aromatic hydroxyl groups is 1. The van der Waals surface area contributed by atoms with Crippen LogP contribution in [0.25, 0.3) is 32.6 Å². The number of anilines is 1. The van der Waals surface area contributed by atoms with Crippen LogP contribution < -0.4 is 5.32 Å². The lowest BCUT2D eigenvalue weighted by Crippen LogP contribution is -2.10. The Balaban J connectivity index is 1.68. The average molecular weight is 471 g/mol. The van der Waals surface area contributed by atoms with E-state index in [1.165, 1.54) is 0 Å². The van der Waals surface area contributed by atoms with Gasteiger partial charge in [0.1, 0.15) is 15.5 Å². The highest BCUT2D eigenvalue weighted by molar-refractivity contribution is 7.21. The molecular weight excluding hydrogens is 452 g/mol. The lowest BCUT2D eigenvalue weighted by Gasteiger charge is -2.09. The van der Waals surface area contributed by atoms with E-state index in [2.05, 4.69) is 5.32 Å². The molecule has 162 valence electrons. The van der Waals surface area contributed by atoms with Gasteiger partial charge in [-0.05, 0) is 36.2 Å². The number of aromatic nitrogens is 1. The van der Waals surface area contributed by atoms with Gasteiger partial charge in [0, 0.05) is 5.56 Å². The first kappa shape index (κ1) is 21.2. The number of para-hydroxylation sites is 1. The lowest BCUT2D eigenvalue weighted by molar-refractivity contribution is 0.102. The van der Waals surface area contributed by atoms with Crippen molar-refractivity contribution in [3.8, 4) is 28.1 Å². The summed E-state index contributed by atoms with van der Waals surface area (Å²) < 4.78 is 0. The highest BCUT2D eigenvalue weighted by Gasteiger charge is 2.23. The Morgan fingerprint density at radius 3 is 2.36 bits per heavy atom. The molecule has 33 heavy (non-hydrogen) atoms. The van der Waals surface area contributed by atoms with Gasteiger partial charge in [-0.3, -0.25) is 4.79 Å². The topological polar surface area (TPSA) is 62.2 Å². The summed E-state index contributed by atoms with van der Waals surface area (Å²) in [5.74, 6) is -0.512. The number of amides is 1. The van der Waals surface area contributed by atoms with E-state index in [-0.39, 0.29) is 10.6 Å². The van der Waals surface area contributed by atoms with Gasteiger partial charge in [-0.15, -0.1) is 11.3 Å². The molecule has 1 amide bonds. The molecule has 2 aromatic heterocycles. The van der Waals surface area contributed by atoms with Crippen molar-refractivity contribution in [3.63, 3.8) is 0 Å². The lowest BCUT2D eigenvalue weighted by atomic mass is 9.99. The first-order valence-electron chi connectivity index (χ1n) is 10.4. The van der Waals surface area contributed by atoms with Crippen molar-refractivity contribution in [2.24, 2.45) is 0 Å². The summed E-state index contributed by atoms with van der Waals surface area (Å²) in [6.07, 6.45) is 0. The third-order valence-corrected chi connectivity index (χ3v) is 6.80. The Bertz CT molecular complexity index is 1480. The number of halogens is 1. The maximum absolute atomic E-state index is 13.1. The van der Waals surface area contributed by atoms with Crippen molar-refractivity contribution < 1.29 is 9.90 Å². The van der Waals surface area contributed by atoms with Crippen LogP contribution in [0.1, 0.15) is 15.2 Å². The first-order valence-corrected chi connectivity index (χ1v) is 11.6. The fourth-order valence-corrected chi connectivity index (χ4v) is 4.87. The number of rotatable bonds is 4. The number of pyridine rings is 1. The van der Waals surface area contributed by atoms with Crippen molar-refractivity contribution >= 4 is 44.7 Å². The quantitative estimate of drug-likeness (QED) is 0.285. The molecule has 0 aliphatic heterocycles. The highest BCUT2D eigenvalue weighted by atomic mass is 35.5. The summed E-state index contributed by atoms with van der Waals surface area (Å²) in [6, 6.07) is 26.9. The maximum atomic E-state index is 13.1. The number of fused-ring (bicyclic) bond motifs is 1. The van der Waals surface area contributed by atoms with Gasteiger partial charge in [0.05, 0.1) is 21.8 Å². The number of benzene rings is 3. The minimum atomic E-state index is -0.431. The minimum absolute atomic E-state index is 0.0813. The summed E-state index contributed by atoms with van der Waals surface area (Å²) >= 11 is 7.36. The molecule has 0 saturated heterocycles. The molecule has 0 radical (unpaired) electrons. The molecule has 6 heteroatoms. The molecule has 0 unspecified atom stereocenters. The first-order chi connectivity index (χ1) is 16.0. The molecular formula is C27H19ClN2O2S. The number of thiophene rings is 1. The van der Waals surface area contributed by atoms with E-state index in [0.717, 1.165) is 39.3 Å². The number of carbonyl (C=O) groups excluding carboxylic acids is 1.